The second-order valence-corrected chi connectivity index (χ2v) is 9.17. The summed E-state index contributed by atoms with van der Waals surface area (Å²) >= 11 is 8.18. The van der Waals surface area contributed by atoms with Gasteiger partial charge in [0.15, 0.2) is 0 Å². The van der Waals surface area contributed by atoms with E-state index in [1.54, 1.807) is 48.1 Å². The molecule has 4 rings (SSSR count). The molecule has 33 heavy (non-hydrogen) atoms. The van der Waals surface area contributed by atoms with E-state index < -0.39 is 0 Å². The number of ether oxygens (including phenoxy) is 2. The van der Waals surface area contributed by atoms with Crippen LogP contribution in [0, 0.1) is 10.5 Å². The molecule has 0 saturated carbocycles. The van der Waals surface area contributed by atoms with Gasteiger partial charge in [-0.15, -0.1) is 0 Å². The Balaban J connectivity index is 1.65. The molecule has 0 spiro atoms. The highest BCUT2D eigenvalue weighted by atomic mass is 127. The van der Waals surface area contributed by atoms with Crippen LogP contribution in [0.5, 0.6) is 5.75 Å². The van der Waals surface area contributed by atoms with Crippen molar-refractivity contribution in [1.82, 2.24) is 4.57 Å². The molecule has 1 aromatic heterocycles. The Morgan fingerprint density at radius 3 is 2.30 bits per heavy atom. The number of nitrogens with zero attached hydrogens (tertiary/aromatic N) is 1. The summed E-state index contributed by atoms with van der Waals surface area (Å²) in [5.41, 5.74) is 3.54. The molecule has 0 aliphatic rings. The van der Waals surface area contributed by atoms with E-state index in [0.29, 0.717) is 28.3 Å². The normalized spacial score (nSPS) is 10.9. The summed E-state index contributed by atoms with van der Waals surface area (Å²) < 4.78 is 13.7. The number of methoxy groups -OCH3 is 1. The quantitative estimate of drug-likeness (QED) is 0.201. The van der Waals surface area contributed by atoms with E-state index in [1.807, 2.05) is 37.3 Å². The minimum Gasteiger partial charge on any atom is -0.497 e. The largest absolute Gasteiger partial charge is 0.497 e. The molecule has 0 aliphatic heterocycles. The molecule has 0 N–H and O–H groups in total. The fourth-order valence-corrected chi connectivity index (χ4v) is 4.29. The highest BCUT2D eigenvalue weighted by Crippen LogP contribution is 2.31. The van der Waals surface area contributed by atoms with Gasteiger partial charge in [-0.1, -0.05) is 11.6 Å². The number of benzene rings is 3. The Hall–Kier alpha value is -2.84. The first-order chi connectivity index (χ1) is 15.9. The SMILES string of the molecule is COc1ccc2c(c1)c(CCOC(=O)c1ccc(I)cc1)c(C)n2C(=O)c1ccc(Cl)cc1. The molecule has 0 unspecified atom stereocenters. The summed E-state index contributed by atoms with van der Waals surface area (Å²) in [5, 5.41) is 1.46. The molecule has 7 heteroatoms. The molecule has 3 aromatic carbocycles. The zero-order valence-electron chi connectivity index (χ0n) is 18.1. The number of hydrogen-bond acceptors (Lipinski definition) is 4. The zero-order chi connectivity index (χ0) is 23.5. The fourth-order valence-electron chi connectivity index (χ4n) is 3.80. The summed E-state index contributed by atoms with van der Waals surface area (Å²) in [4.78, 5) is 25.8. The first-order valence-electron chi connectivity index (χ1n) is 10.3. The predicted molar refractivity (Wildman–Crippen MR) is 138 cm³/mol. The van der Waals surface area contributed by atoms with E-state index in [-0.39, 0.29) is 18.5 Å². The summed E-state index contributed by atoms with van der Waals surface area (Å²) in [6.45, 7) is 2.09. The average molecular weight is 574 g/mol. The number of carbonyl (C=O) groups excluding carboxylic acids is 2. The lowest BCUT2D eigenvalue weighted by molar-refractivity contribution is 0.0509. The van der Waals surface area contributed by atoms with Crippen molar-refractivity contribution in [3.8, 4) is 5.75 Å². The van der Waals surface area contributed by atoms with Crippen LogP contribution in [0.15, 0.2) is 66.7 Å². The summed E-state index contributed by atoms with van der Waals surface area (Å²) in [5.74, 6) is 0.166. The second-order valence-electron chi connectivity index (χ2n) is 7.49. The van der Waals surface area contributed by atoms with E-state index in [9.17, 15) is 9.59 Å². The van der Waals surface area contributed by atoms with Crippen molar-refractivity contribution < 1.29 is 19.1 Å². The molecule has 0 saturated heterocycles. The molecule has 4 aromatic rings. The lowest BCUT2D eigenvalue weighted by Crippen LogP contribution is -2.14. The monoisotopic (exact) mass is 573 g/mol. The van der Waals surface area contributed by atoms with Gasteiger partial charge in [0.25, 0.3) is 5.91 Å². The maximum Gasteiger partial charge on any atom is 0.338 e. The second kappa shape index (κ2) is 9.97. The molecule has 5 nitrogen and oxygen atoms in total. The van der Waals surface area contributed by atoms with Crippen LogP contribution in [0.1, 0.15) is 32.0 Å². The number of esters is 1. The highest BCUT2D eigenvalue weighted by molar-refractivity contribution is 14.1. The number of fused-ring (bicyclic) bond motifs is 1. The number of carbonyl (C=O) groups is 2. The lowest BCUT2D eigenvalue weighted by atomic mass is 10.1. The van der Waals surface area contributed by atoms with Crippen molar-refractivity contribution in [2.24, 2.45) is 0 Å². The maximum absolute atomic E-state index is 13.4. The molecule has 0 bridgehead atoms. The minimum absolute atomic E-state index is 0.151. The van der Waals surface area contributed by atoms with Crippen LogP contribution in [0.3, 0.4) is 0 Å². The van der Waals surface area contributed by atoms with Gasteiger partial charge in [0.2, 0.25) is 0 Å². The molecule has 0 atom stereocenters. The highest BCUT2D eigenvalue weighted by Gasteiger charge is 2.21. The Labute approximate surface area is 210 Å². The van der Waals surface area contributed by atoms with Crippen molar-refractivity contribution in [1.29, 1.82) is 0 Å². The van der Waals surface area contributed by atoms with Gasteiger partial charge in [0.1, 0.15) is 5.75 Å². The van der Waals surface area contributed by atoms with Crippen molar-refractivity contribution in [2.75, 3.05) is 13.7 Å². The van der Waals surface area contributed by atoms with Gasteiger partial charge in [-0.25, -0.2) is 4.79 Å². The number of hydrogen-bond donors (Lipinski definition) is 0. The van der Waals surface area contributed by atoms with Crippen LogP contribution in [0.4, 0.5) is 0 Å². The third-order valence-electron chi connectivity index (χ3n) is 5.50. The number of aromatic nitrogens is 1. The summed E-state index contributed by atoms with van der Waals surface area (Å²) in [7, 11) is 1.60. The van der Waals surface area contributed by atoms with Gasteiger partial charge >= 0.3 is 5.97 Å². The summed E-state index contributed by atoms with van der Waals surface area (Å²) in [6, 6.07) is 19.6. The van der Waals surface area contributed by atoms with E-state index in [0.717, 1.165) is 25.7 Å². The maximum atomic E-state index is 13.4. The molecular formula is C26H21ClINO4. The van der Waals surface area contributed by atoms with Crippen molar-refractivity contribution in [2.45, 2.75) is 13.3 Å². The van der Waals surface area contributed by atoms with Gasteiger partial charge in [0.05, 0.1) is 24.8 Å². The van der Waals surface area contributed by atoms with Crippen molar-refractivity contribution in [3.05, 3.63) is 97.7 Å². The van der Waals surface area contributed by atoms with Crippen LogP contribution in [-0.2, 0) is 11.2 Å². The lowest BCUT2D eigenvalue weighted by Gasteiger charge is -2.08. The third-order valence-corrected chi connectivity index (χ3v) is 6.47. The molecule has 168 valence electrons. The zero-order valence-corrected chi connectivity index (χ0v) is 21.0. The smallest absolute Gasteiger partial charge is 0.338 e. The Bertz CT molecular complexity index is 1330. The molecular weight excluding hydrogens is 553 g/mol. The minimum atomic E-state index is -0.373. The first-order valence-corrected chi connectivity index (χ1v) is 11.8. The predicted octanol–water partition coefficient (Wildman–Crippen LogP) is 6.30. The first kappa shape index (κ1) is 23.3. The fraction of sp³-hybridized carbons (Fsp3) is 0.154. The van der Waals surface area contributed by atoms with Gasteiger partial charge in [-0.05, 0) is 102 Å². The summed E-state index contributed by atoms with van der Waals surface area (Å²) in [6.07, 6.45) is 0.465. The Morgan fingerprint density at radius 1 is 0.970 bits per heavy atom. The molecule has 0 amide bonds. The van der Waals surface area contributed by atoms with Crippen LogP contribution in [-0.4, -0.2) is 30.2 Å². The Kier molecular flexibility index (Phi) is 7.05. The van der Waals surface area contributed by atoms with Crippen molar-refractivity contribution >= 4 is 57.0 Å². The third kappa shape index (κ3) is 4.91. The average Bonchev–Trinajstić information content (AvgIpc) is 3.10. The van der Waals surface area contributed by atoms with Gasteiger partial charge in [-0.3, -0.25) is 9.36 Å². The van der Waals surface area contributed by atoms with Crippen LogP contribution in [0.25, 0.3) is 10.9 Å². The number of halogens is 2. The van der Waals surface area contributed by atoms with Gasteiger partial charge in [-0.2, -0.15) is 0 Å². The number of rotatable bonds is 6. The van der Waals surface area contributed by atoms with Crippen molar-refractivity contribution in [3.63, 3.8) is 0 Å². The van der Waals surface area contributed by atoms with Crippen LogP contribution in [0.2, 0.25) is 5.02 Å². The topological polar surface area (TPSA) is 57.5 Å². The van der Waals surface area contributed by atoms with Crippen LogP contribution < -0.4 is 4.74 Å². The van der Waals surface area contributed by atoms with E-state index >= 15 is 0 Å². The molecule has 0 radical (unpaired) electrons. The van der Waals surface area contributed by atoms with Crippen LogP contribution >= 0.6 is 34.2 Å². The van der Waals surface area contributed by atoms with E-state index in [1.165, 1.54) is 0 Å². The van der Waals surface area contributed by atoms with E-state index in [2.05, 4.69) is 22.6 Å². The Morgan fingerprint density at radius 2 is 1.64 bits per heavy atom. The van der Waals surface area contributed by atoms with E-state index in [4.69, 9.17) is 21.1 Å². The standard InChI is InChI=1S/C26H21ClINO4/c1-16-22(13-14-33-26(31)18-5-9-20(28)10-6-18)23-15-21(32-2)11-12-24(23)29(16)25(30)17-3-7-19(27)8-4-17/h3-12,15H,13-14H2,1-2H3. The van der Waals surface area contributed by atoms with Gasteiger partial charge in [0, 0.05) is 31.7 Å². The molecule has 1 heterocycles. The molecule has 0 fully saturated rings. The van der Waals surface area contributed by atoms with Gasteiger partial charge < -0.3 is 9.47 Å². The molecule has 0 aliphatic carbocycles.